The normalized spacial score (nSPS) is 14.8. The molecule has 1 aromatic rings. The first-order chi connectivity index (χ1) is 7.55. The smallest absolute Gasteiger partial charge is 0.0672 e. The van der Waals surface area contributed by atoms with Gasteiger partial charge in [-0.25, -0.2) is 0 Å². The van der Waals surface area contributed by atoms with Crippen LogP contribution in [0.25, 0.3) is 0 Å². The summed E-state index contributed by atoms with van der Waals surface area (Å²) in [7, 11) is 0. The van der Waals surface area contributed by atoms with Gasteiger partial charge in [-0.3, -0.25) is 0 Å². The van der Waals surface area contributed by atoms with Crippen molar-refractivity contribution in [2.45, 2.75) is 32.3 Å². The highest BCUT2D eigenvalue weighted by Crippen LogP contribution is 2.22. The highest BCUT2D eigenvalue weighted by molar-refractivity contribution is 6.31. The second-order valence-electron chi connectivity index (χ2n) is 4.37. The van der Waals surface area contributed by atoms with Crippen LogP contribution in [0, 0.1) is 0 Å². The molecule has 2 N–H and O–H groups in total. The Morgan fingerprint density at radius 1 is 1.38 bits per heavy atom. The summed E-state index contributed by atoms with van der Waals surface area (Å²) in [6, 6.07) is 7.67. The van der Waals surface area contributed by atoms with Gasteiger partial charge in [0.25, 0.3) is 0 Å². The largest absolute Gasteiger partial charge is 0.390 e. The van der Waals surface area contributed by atoms with Gasteiger partial charge in [-0.1, -0.05) is 36.7 Å². The second-order valence-corrected chi connectivity index (χ2v) is 4.78. The zero-order valence-electron chi connectivity index (χ0n) is 9.96. The van der Waals surface area contributed by atoms with E-state index in [9.17, 15) is 5.11 Å². The molecule has 0 heterocycles. The van der Waals surface area contributed by atoms with Crippen molar-refractivity contribution in [3.8, 4) is 0 Å². The second kappa shape index (κ2) is 6.24. The molecule has 2 nitrogen and oxygen atoms in total. The van der Waals surface area contributed by atoms with Gasteiger partial charge >= 0.3 is 0 Å². The van der Waals surface area contributed by atoms with E-state index in [0.29, 0.717) is 6.42 Å². The molecule has 1 atom stereocenters. The van der Waals surface area contributed by atoms with Crippen molar-refractivity contribution in [1.29, 1.82) is 0 Å². The monoisotopic (exact) mass is 241 g/mol. The predicted octanol–water partition coefficient (Wildman–Crippen LogP) is 2.63. The molecule has 0 aliphatic rings. The molecule has 0 aliphatic carbocycles. The summed E-state index contributed by atoms with van der Waals surface area (Å²) in [6.45, 7) is 5.67. The summed E-state index contributed by atoms with van der Waals surface area (Å²) < 4.78 is 0. The van der Waals surface area contributed by atoms with Gasteiger partial charge in [0.05, 0.1) is 5.60 Å². The van der Waals surface area contributed by atoms with E-state index in [4.69, 9.17) is 11.6 Å². The Morgan fingerprint density at radius 3 is 2.69 bits per heavy atom. The van der Waals surface area contributed by atoms with Crippen LogP contribution in [0.3, 0.4) is 0 Å². The maximum absolute atomic E-state index is 10.2. The van der Waals surface area contributed by atoms with Crippen LogP contribution in [-0.4, -0.2) is 23.8 Å². The van der Waals surface area contributed by atoms with E-state index in [1.165, 1.54) is 0 Å². The summed E-state index contributed by atoms with van der Waals surface area (Å²) in [5.74, 6) is 0. The van der Waals surface area contributed by atoms with Gasteiger partial charge in [-0.05, 0) is 38.1 Å². The van der Waals surface area contributed by atoms with Crippen LogP contribution >= 0.6 is 11.6 Å². The van der Waals surface area contributed by atoms with Gasteiger partial charge < -0.3 is 10.4 Å². The summed E-state index contributed by atoms with van der Waals surface area (Å²) >= 11 is 6.06. The number of rotatable bonds is 6. The van der Waals surface area contributed by atoms with Crippen LogP contribution in [0.1, 0.15) is 25.8 Å². The fourth-order valence-corrected chi connectivity index (χ4v) is 1.88. The lowest BCUT2D eigenvalue weighted by Crippen LogP contribution is -2.32. The SMILES string of the molecule is CCNCCC(C)(O)Cc1ccccc1Cl. The molecule has 90 valence electrons. The van der Waals surface area contributed by atoms with Gasteiger partial charge in [0.1, 0.15) is 0 Å². The van der Waals surface area contributed by atoms with Crippen LogP contribution < -0.4 is 5.32 Å². The maximum atomic E-state index is 10.2. The Bertz CT molecular complexity index is 325. The third-order valence-electron chi connectivity index (χ3n) is 2.62. The molecular weight excluding hydrogens is 222 g/mol. The Kier molecular flexibility index (Phi) is 5.26. The van der Waals surface area contributed by atoms with E-state index >= 15 is 0 Å². The first-order valence-corrected chi connectivity index (χ1v) is 6.09. The number of hydrogen-bond acceptors (Lipinski definition) is 2. The van der Waals surface area contributed by atoms with Crippen molar-refractivity contribution in [2.24, 2.45) is 0 Å². The molecular formula is C13H20ClNO. The first kappa shape index (κ1) is 13.5. The van der Waals surface area contributed by atoms with Crippen molar-refractivity contribution in [3.63, 3.8) is 0 Å². The third kappa shape index (κ3) is 4.52. The van der Waals surface area contributed by atoms with Crippen molar-refractivity contribution in [1.82, 2.24) is 5.32 Å². The molecule has 0 amide bonds. The Labute approximate surface area is 103 Å². The third-order valence-corrected chi connectivity index (χ3v) is 2.99. The van der Waals surface area contributed by atoms with E-state index in [1.54, 1.807) is 0 Å². The summed E-state index contributed by atoms with van der Waals surface area (Å²) in [4.78, 5) is 0. The molecule has 0 aromatic heterocycles. The highest BCUT2D eigenvalue weighted by atomic mass is 35.5. The molecule has 0 aliphatic heterocycles. The first-order valence-electron chi connectivity index (χ1n) is 5.71. The van der Waals surface area contributed by atoms with Gasteiger partial charge in [-0.2, -0.15) is 0 Å². The number of nitrogens with one attached hydrogen (secondary N) is 1. The number of aliphatic hydroxyl groups is 1. The average Bonchev–Trinajstić information content (AvgIpc) is 2.21. The van der Waals surface area contributed by atoms with E-state index in [0.717, 1.165) is 30.1 Å². The zero-order chi connectivity index (χ0) is 12.0. The molecule has 0 radical (unpaired) electrons. The van der Waals surface area contributed by atoms with E-state index in [1.807, 2.05) is 31.2 Å². The Hall–Kier alpha value is -0.570. The average molecular weight is 242 g/mol. The summed E-state index contributed by atoms with van der Waals surface area (Å²) in [6.07, 6.45) is 1.32. The van der Waals surface area contributed by atoms with Gasteiger partial charge in [0.2, 0.25) is 0 Å². The van der Waals surface area contributed by atoms with Crippen molar-refractivity contribution < 1.29 is 5.11 Å². The highest BCUT2D eigenvalue weighted by Gasteiger charge is 2.21. The molecule has 0 fully saturated rings. The molecule has 0 bridgehead atoms. The molecule has 1 rings (SSSR count). The Morgan fingerprint density at radius 2 is 2.06 bits per heavy atom. The number of benzene rings is 1. The molecule has 1 unspecified atom stereocenters. The maximum Gasteiger partial charge on any atom is 0.0672 e. The Balaban J connectivity index is 2.55. The van der Waals surface area contributed by atoms with E-state index in [2.05, 4.69) is 12.2 Å². The predicted molar refractivity (Wildman–Crippen MR) is 68.9 cm³/mol. The number of hydrogen-bond donors (Lipinski definition) is 2. The van der Waals surface area contributed by atoms with Gasteiger partial charge in [0.15, 0.2) is 0 Å². The summed E-state index contributed by atoms with van der Waals surface area (Å²) in [5.41, 5.74) is 0.304. The molecule has 1 aromatic carbocycles. The fraction of sp³-hybridized carbons (Fsp3) is 0.538. The van der Waals surface area contributed by atoms with Crippen molar-refractivity contribution in [2.75, 3.05) is 13.1 Å². The van der Waals surface area contributed by atoms with Gasteiger partial charge in [0, 0.05) is 11.4 Å². The molecule has 0 spiro atoms. The van der Waals surface area contributed by atoms with Crippen LogP contribution in [0.2, 0.25) is 5.02 Å². The van der Waals surface area contributed by atoms with Crippen LogP contribution in [0.4, 0.5) is 0 Å². The van der Waals surface area contributed by atoms with Crippen molar-refractivity contribution >= 4 is 11.6 Å². The minimum absolute atomic E-state index is 0.595. The topological polar surface area (TPSA) is 32.3 Å². The lowest BCUT2D eigenvalue weighted by atomic mass is 9.93. The molecule has 0 saturated carbocycles. The molecule has 16 heavy (non-hydrogen) atoms. The van der Waals surface area contributed by atoms with E-state index in [-0.39, 0.29) is 0 Å². The lowest BCUT2D eigenvalue weighted by molar-refractivity contribution is 0.0517. The molecule has 0 saturated heterocycles. The lowest BCUT2D eigenvalue weighted by Gasteiger charge is -2.24. The fourth-order valence-electron chi connectivity index (χ4n) is 1.67. The quantitative estimate of drug-likeness (QED) is 0.751. The summed E-state index contributed by atoms with van der Waals surface area (Å²) in [5, 5.41) is 14.2. The number of halogens is 1. The van der Waals surface area contributed by atoms with Crippen LogP contribution in [-0.2, 0) is 6.42 Å². The zero-order valence-corrected chi connectivity index (χ0v) is 10.7. The van der Waals surface area contributed by atoms with Crippen LogP contribution in [0.15, 0.2) is 24.3 Å². The molecule has 3 heteroatoms. The minimum atomic E-state index is -0.701. The van der Waals surface area contributed by atoms with E-state index < -0.39 is 5.60 Å². The van der Waals surface area contributed by atoms with Crippen molar-refractivity contribution in [3.05, 3.63) is 34.9 Å². The van der Waals surface area contributed by atoms with Gasteiger partial charge in [-0.15, -0.1) is 0 Å². The standard InChI is InChI=1S/C13H20ClNO/c1-3-15-9-8-13(2,16)10-11-6-4-5-7-12(11)14/h4-7,15-16H,3,8-10H2,1-2H3. The minimum Gasteiger partial charge on any atom is -0.390 e. The van der Waals surface area contributed by atoms with Crippen LogP contribution in [0.5, 0.6) is 0 Å².